The highest BCUT2D eigenvalue weighted by Gasteiger charge is 2.27. The van der Waals surface area contributed by atoms with Crippen LogP contribution in [0.1, 0.15) is 48.9 Å². The van der Waals surface area contributed by atoms with Crippen LogP contribution in [0.4, 0.5) is 5.69 Å². The number of piperidine rings is 1. The molecule has 1 amide bonds. The lowest BCUT2D eigenvalue weighted by Crippen LogP contribution is -2.45. The predicted octanol–water partition coefficient (Wildman–Crippen LogP) is 3.29. The lowest BCUT2D eigenvalue weighted by Gasteiger charge is -2.33. The summed E-state index contributed by atoms with van der Waals surface area (Å²) >= 11 is 0. The van der Waals surface area contributed by atoms with Crippen LogP contribution >= 0.6 is 0 Å². The number of nitrogens with zero attached hydrogens (tertiary/aromatic N) is 2. The van der Waals surface area contributed by atoms with E-state index < -0.39 is 0 Å². The van der Waals surface area contributed by atoms with Crippen molar-refractivity contribution in [2.24, 2.45) is 0 Å². The minimum atomic E-state index is -0.0944. The van der Waals surface area contributed by atoms with Crippen molar-refractivity contribution < 1.29 is 18.8 Å². The number of benzene rings is 1. The fraction of sp³-hybridized carbons (Fsp3) is 0.500. The number of carbonyl (C=O) groups is 1. The molecule has 27 heavy (non-hydrogen) atoms. The Morgan fingerprint density at radius 3 is 2.81 bits per heavy atom. The number of hydrogen-bond acceptors (Lipinski definition) is 6. The number of hydrogen-bond donors (Lipinski definition) is 1. The minimum absolute atomic E-state index is 0.0944. The maximum atomic E-state index is 12.8. The molecule has 0 aliphatic carbocycles. The summed E-state index contributed by atoms with van der Waals surface area (Å²) in [5, 5.41) is 7.51. The zero-order chi connectivity index (χ0) is 18.8. The molecule has 7 nitrogen and oxygen atoms in total. The number of anilines is 1. The maximum Gasteiger partial charge on any atom is 0.292 e. The Kier molecular flexibility index (Phi) is 4.92. The lowest BCUT2D eigenvalue weighted by atomic mass is 10.0. The third-order valence-electron chi connectivity index (χ3n) is 4.95. The summed E-state index contributed by atoms with van der Waals surface area (Å²) in [5.41, 5.74) is 1.78. The normalized spacial score (nSPS) is 19.2. The summed E-state index contributed by atoms with van der Waals surface area (Å²) in [4.78, 5) is 14.6. The molecule has 1 N–H and O–H groups in total. The van der Waals surface area contributed by atoms with Crippen molar-refractivity contribution in [3.05, 3.63) is 35.7 Å². The second kappa shape index (κ2) is 7.50. The van der Waals surface area contributed by atoms with Crippen molar-refractivity contribution in [1.29, 1.82) is 0 Å². The highest BCUT2D eigenvalue weighted by atomic mass is 16.6. The fourth-order valence-electron chi connectivity index (χ4n) is 3.47. The van der Waals surface area contributed by atoms with E-state index in [9.17, 15) is 4.79 Å². The van der Waals surface area contributed by atoms with Crippen LogP contribution in [0, 0.1) is 0 Å². The van der Waals surface area contributed by atoms with Gasteiger partial charge in [0.2, 0.25) is 5.76 Å². The molecule has 0 radical (unpaired) electrons. The minimum Gasteiger partial charge on any atom is -0.486 e. The highest BCUT2D eigenvalue weighted by molar-refractivity contribution is 5.91. The average Bonchev–Trinajstić information content (AvgIpc) is 3.18. The predicted molar refractivity (Wildman–Crippen MR) is 101 cm³/mol. The van der Waals surface area contributed by atoms with E-state index >= 15 is 0 Å². The molecule has 3 heterocycles. The van der Waals surface area contributed by atoms with Crippen molar-refractivity contribution in [1.82, 2.24) is 10.1 Å². The van der Waals surface area contributed by atoms with Crippen LogP contribution in [-0.2, 0) is 0 Å². The van der Waals surface area contributed by atoms with Gasteiger partial charge in [0.05, 0.1) is 5.69 Å². The molecule has 2 aromatic rings. The molecule has 144 valence electrons. The summed E-state index contributed by atoms with van der Waals surface area (Å²) in [6, 6.07) is 7.80. The van der Waals surface area contributed by atoms with E-state index in [4.69, 9.17) is 14.0 Å². The van der Waals surface area contributed by atoms with Gasteiger partial charge < -0.3 is 24.2 Å². The van der Waals surface area contributed by atoms with Gasteiger partial charge in [-0.25, -0.2) is 0 Å². The van der Waals surface area contributed by atoms with Crippen LogP contribution in [0.3, 0.4) is 0 Å². The van der Waals surface area contributed by atoms with Gasteiger partial charge in [-0.1, -0.05) is 19.0 Å². The molecule has 1 aromatic heterocycles. The summed E-state index contributed by atoms with van der Waals surface area (Å²) in [5.74, 6) is 2.00. The number of likely N-dealkylation sites (tertiary alicyclic amines) is 1. The van der Waals surface area contributed by atoms with Crippen LogP contribution in [0.2, 0.25) is 0 Å². The number of fused-ring (bicyclic) bond motifs is 1. The van der Waals surface area contributed by atoms with E-state index in [2.05, 4.69) is 10.5 Å². The van der Waals surface area contributed by atoms with Crippen LogP contribution in [0.15, 0.2) is 28.8 Å². The van der Waals surface area contributed by atoms with Crippen molar-refractivity contribution in [3.8, 4) is 11.5 Å². The van der Waals surface area contributed by atoms with Gasteiger partial charge in [0.25, 0.3) is 5.91 Å². The summed E-state index contributed by atoms with van der Waals surface area (Å²) in [6.07, 6.45) is 1.95. The van der Waals surface area contributed by atoms with Crippen LogP contribution in [0.25, 0.3) is 0 Å². The summed E-state index contributed by atoms with van der Waals surface area (Å²) in [6.45, 7) is 6.57. The van der Waals surface area contributed by atoms with Crippen LogP contribution in [0.5, 0.6) is 11.5 Å². The number of nitrogens with one attached hydrogen (secondary N) is 1. The second-order valence-electron chi connectivity index (χ2n) is 7.36. The SMILES string of the molecule is CC(C)c1cc(C(=O)N2CCCC(Nc3ccc4c(c3)OCCO4)C2)on1. The quantitative estimate of drug-likeness (QED) is 0.889. The Bertz CT molecular complexity index is 817. The first-order valence-electron chi connectivity index (χ1n) is 9.52. The van der Waals surface area contributed by atoms with Gasteiger partial charge in [-0.15, -0.1) is 0 Å². The number of aromatic nitrogens is 1. The molecule has 1 unspecified atom stereocenters. The zero-order valence-electron chi connectivity index (χ0n) is 15.7. The van der Waals surface area contributed by atoms with E-state index in [1.165, 1.54) is 0 Å². The first-order chi connectivity index (χ1) is 13.1. The molecule has 1 aromatic carbocycles. The Morgan fingerprint density at radius 2 is 2.04 bits per heavy atom. The van der Waals surface area contributed by atoms with Gasteiger partial charge in [-0.2, -0.15) is 0 Å². The molecule has 1 atom stereocenters. The molecule has 1 saturated heterocycles. The largest absolute Gasteiger partial charge is 0.486 e. The molecular formula is C20H25N3O4. The number of ether oxygens (including phenoxy) is 2. The highest BCUT2D eigenvalue weighted by Crippen LogP contribution is 2.33. The fourth-order valence-corrected chi connectivity index (χ4v) is 3.47. The van der Waals surface area contributed by atoms with Gasteiger partial charge in [0.15, 0.2) is 11.5 Å². The summed E-state index contributed by atoms with van der Waals surface area (Å²) in [7, 11) is 0. The first-order valence-corrected chi connectivity index (χ1v) is 9.52. The molecule has 1 fully saturated rings. The van der Waals surface area contributed by atoms with E-state index in [1.807, 2.05) is 36.9 Å². The maximum absolute atomic E-state index is 12.8. The van der Waals surface area contributed by atoms with Gasteiger partial charge in [-0.3, -0.25) is 4.79 Å². The monoisotopic (exact) mass is 371 g/mol. The van der Waals surface area contributed by atoms with E-state index in [1.54, 1.807) is 6.07 Å². The smallest absolute Gasteiger partial charge is 0.292 e. The van der Waals surface area contributed by atoms with Gasteiger partial charge >= 0.3 is 0 Å². The standard InChI is InChI=1S/C20H25N3O4/c1-13(2)16-11-19(27-22-16)20(24)23-7-3-4-15(12-23)21-14-5-6-17-18(10-14)26-9-8-25-17/h5-6,10-11,13,15,21H,3-4,7-9,12H2,1-2H3. The lowest BCUT2D eigenvalue weighted by molar-refractivity contribution is 0.0672. The third-order valence-corrected chi connectivity index (χ3v) is 4.95. The van der Waals surface area contributed by atoms with E-state index in [0.717, 1.165) is 42.3 Å². The van der Waals surface area contributed by atoms with Crippen molar-refractivity contribution in [2.45, 2.75) is 38.6 Å². The van der Waals surface area contributed by atoms with E-state index in [-0.39, 0.29) is 17.9 Å². The molecule has 7 heteroatoms. The molecule has 2 aliphatic heterocycles. The molecular weight excluding hydrogens is 346 g/mol. The number of rotatable bonds is 4. The zero-order valence-corrected chi connectivity index (χ0v) is 15.7. The molecule has 2 aliphatic rings. The Balaban J connectivity index is 1.41. The summed E-state index contributed by atoms with van der Waals surface area (Å²) < 4.78 is 16.5. The number of amides is 1. The molecule has 0 saturated carbocycles. The Hall–Kier alpha value is -2.70. The molecule has 4 rings (SSSR count). The van der Waals surface area contributed by atoms with Gasteiger partial charge in [0, 0.05) is 37.0 Å². The van der Waals surface area contributed by atoms with Crippen LogP contribution in [-0.4, -0.2) is 48.3 Å². The van der Waals surface area contributed by atoms with Crippen molar-refractivity contribution in [2.75, 3.05) is 31.6 Å². The first kappa shape index (κ1) is 17.7. The van der Waals surface area contributed by atoms with Crippen LogP contribution < -0.4 is 14.8 Å². The topological polar surface area (TPSA) is 76.8 Å². The number of carbonyl (C=O) groups excluding carboxylic acids is 1. The Morgan fingerprint density at radius 1 is 1.22 bits per heavy atom. The molecule has 0 spiro atoms. The van der Waals surface area contributed by atoms with Gasteiger partial charge in [0.1, 0.15) is 13.2 Å². The van der Waals surface area contributed by atoms with Crippen molar-refractivity contribution >= 4 is 11.6 Å². The third kappa shape index (κ3) is 3.86. The van der Waals surface area contributed by atoms with Crippen molar-refractivity contribution in [3.63, 3.8) is 0 Å². The van der Waals surface area contributed by atoms with E-state index in [0.29, 0.717) is 25.5 Å². The average molecular weight is 371 g/mol. The van der Waals surface area contributed by atoms with Gasteiger partial charge in [-0.05, 0) is 30.9 Å². The Labute approximate surface area is 158 Å². The second-order valence-corrected chi connectivity index (χ2v) is 7.36. The molecule has 0 bridgehead atoms.